The Kier molecular flexibility index (Phi) is 7.08. The fourth-order valence-corrected chi connectivity index (χ4v) is 2.67. The van der Waals surface area contributed by atoms with Crippen molar-refractivity contribution in [1.29, 1.82) is 0 Å². The maximum atomic E-state index is 12.3. The zero-order valence-corrected chi connectivity index (χ0v) is 18.2. The molecular weight excluding hydrogens is 434 g/mol. The number of nitrogens with zero attached hydrogens (tertiary/aromatic N) is 2. The first-order chi connectivity index (χ1) is 15.6. The topological polar surface area (TPSA) is 169 Å². The van der Waals surface area contributed by atoms with Crippen LogP contribution in [0.3, 0.4) is 0 Å². The van der Waals surface area contributed by atoms with Crippen LogP contribution in [0.2, 0.25) is 0 Å². The van der Waals surface area contributed by atoms with E-state index in [2.05, 4.69) is 20.9 Å². The van der Waals surface area contributed by atoms with Crippen molar-refractivity contribution in [2.45, 2.75) is 32.8 Å². The van der Waals surface area contributed by atoms with E-state index in [-0.39, 0.29) is 24.4 Å². The van der Waals surface area contributed by atoms with Gasteiger partial charge in [-0.05, 0) is 32.9 Å². The molecule has 0 atom stereocenters. The lowest BCUT2D eigenvalue weighted by molar-refractivity contribution is 0.0635. The van der Waals surface area contributed by atoms with Gasteiger partial charge in [-0.1, -0.05) is 22.4 Å². The highest BCUT2D eigenvalue weighted by Crippen LogP contribution is 2.24. The molecule has 33 heavy (non-hydrogen) atoms. The summed E-state index contributed by atoms with van der Waals surface area (Å²) in [4.78, 5) is 35.5. The Balaban J connectivity index is 1.56. The van der Waals surface area contributed by atoms with Crippen LogP contribution in [0.5, 0.6) is 0 Å². The summed E-state index contributed by atoms with van der Waals surface area (Å²) in [6.07, 6.45) is -0.325. The summed E-state index contributed by atoms with van der Waals surface area (Å²) in [6, 6.07) is 9.64. The zero-order chi connectivity index (χ0) is 24.0. The molecule has 0 radical (unpaired) electrons. The van der Waals surface area contributed by atoms with Gasteiger partial charge in [-0.25, -0.2) is 10.3 Å². The molecule has 0 aliphatic carbocycles. The lowest BCUT2D eigenvalue weighted by atomic mass is 10.1. The molecule has 2 aromatic heterocycles. The van der Waals surface area contributed by atoms with E-state index in [4.69, 9.17) is 19.0 Å². The molecule has 2 heterocycles. The monoisotopic (exact) mass is 457 g/mol. The molecule has 3 aromatic rings. The van der Waals surface area contributed by atoms with Crippen molar-refractivity contribution in [1.82, 2.24) is 21.1 Å². The summed E-state index contributed by atoms with van der Waals surface area (Å²) < 4.78 is 15.5. The molecule has 12 heteroatoms. The molecule has 3 amide bonds. The number of hydrogen-bond acceptors (Lipinski definition) is 9. The van der Waals surface area contributed by atoms with Gasteiger partial charge in [0.2, 0.25) is 0 Å². The maximum Gasteiger partial charge on any atom is 0.412 e. The molecule has 174 valence electrons. The molecule has 0 aliphatic heterocycles. The van der Waals surface area contributed by atoms with E-state index < -0.39 is 23.5 Å². The molecule has 0 saturated heterocycles. The summed E-state index contributed by atoms with van der Waals surface area (Å²) >= 11 is 0. The number of nitrogens with one attached hydrogen (secondary N) is 3. The number of aromatic nitrogens is 2. The van der Waals surface area contributed by atoms with E-state index in [0.717, 1.165) is 0 Å². The van der Waals surface area contributed by atoms with Crippen LogP contribution in [0.25, 0.3) is 11.3 Å². The number of anilines is 1. The van der Waals surface area contributed by atoms with Gasteiger partial charge in [0.1, 0.15) is 11.4 Å². The van der Waals surface area contributed by atoms with Gasteiger partial charge in [-0.2, -0.15) is 0 Å². The van der Waals surface area contributed by atoms with E-state index in [1.54, 1.807) is 45.0 Å². The summed E-state index contributed by atoms with van der Waals surface area (Å²) in [5, 5.41) is 21.1. The van der Waals surface area contributed by atoms with Crippen molar-refractivity contribution in [3.8, 4) is 11.3 Å². The predicted molar refractivity (Wildman–Crippen MR) is 114 cm³/mol. The molecule has 0 aliphatic rings. The number of benzene rings is 1. The SMILES string of the molecule is CC(C)(C)OC(=O)Nc1cccc(-c2cc(C(=O)NCCc3cc(C(=O)NO)no3)no2)c1. The van der Waals surface area contributed by atoms with Crippen LogP contribution in [0.1, 0.15) is 47.5 Å². The molecule has 1 aromatic carbocycles. The summed E-state index contributed by atoms with van der Waals surface area (Å²) in [7, 11) is 0. The van der Waals surface area contributed by atoms with Gasteiger partial charge >= 0.3 is 6.09 Å². The highest BCUT2D eigenvalue weighted by molar-refractivity contribution is 5.93. The second-order valence-corrected chi connectivity index (χ2v) is 7.91. The molecule has 0 bridgehead atoms. The third-order valence-corrected chi connectivity index (χ3v) is 4.09. The van der Waals surface area contributed by atoms with Crippen LogP contribution in [0.4, 0.5) is 10.5 Å². The highest BCUT2D eigenvalue weighted by atomic mass is 16.6. The van der Waals surface area contributed by atoms with Crippen LogP contribution in [0, 0.1) is 0 Å². The van der Waals surface area contributed by atoms with Crippen molar-refractivity contribution in [2.24, 2.45) is 0 Å². The number of ether oxygens (including phenoxy) is 1. The van der Waals surface area contributed by atoms with Gasteiger partial charge in [0.25, 0.3) is 11.8 Å². The standard InChI is InChI=1S/C21H23N5O7/c1-21(2,3)31-20(29)23-13-6-4-5-12(9-13)17-11-16(26-33-17)18(27)22-8-7-14-10-15(25-32-14)19(28)24-30/h4-6,9-11,30H,7-8H2,1-3H3,(H,22,27)(H,23,29)(H,24,28). The number of amides is 3. The van der Waals surface area contributed by atoms with Crippen LogP contribution < -0.4 is 16.1 Å². The van der Waals surface area contributed by atoms with Crippen molar-refractivity contribution in [3.05, 3.63) is 53.5 Å². The minimum atomic E-state index is -0.797. The maximum absolute atomic E-state index is 12.3. The first-order valence-electron chi connectivity index (χ1n) is 9.90. The normalized spacial score (nSPS) is 11.0. The summed E-state index contributed by atoms with van der Waals surface area (Å²) in [6.45, 7) is 5.49. The molecule has 4 N–H and O–H groups in total. The summed E-state index contributed by atoms with van der Waals surface area (Å²) in [5.74, 6) is -0.581. The van der Waals surface area contributed by atoms with Gasteiger partial charge in [-0.3, -0.25) is 20.1 Å². The second-order valence-electron chi connectivity index (χ2n) is 7.91. The quantitative estimate of drug-likeness (QED) is 0.308. The second kappa shape index (κ2) is 9.96. The van der Waals surface area contributed by atoms with Gasteiger partial charge in [0.15, 0.2) is 17.1 Å². The van der Waals surface area contributed by atoms with Gasteiger partial charge in [-0.15, -0.1) is 0 Å². The lowest BCUT2D eigenvalue weighted by Crippen LogP contribution is -2.27. The van der Waals surface area contributed by atoms with Crippen molar-refractivity contribution >= 4 is 23.6 Å². The molecule has 0 unspecified atom stereocenters. The van der Waals surface area contributed by atoms with Crippen molar-refractivity contribution < 1.29 is 33.4 Å². The smallest absolute Gasteiger partial charge is 0.412 e. The number of carbonyl (C=O) groups excluding carboxylic acids is 3. The summed E-state index contributed by atoms with van der Waals surface area (Å²) in [5.41, 5.74) is 1.90. The molecule has 0 spiro atoms. The van der Waals surface area contributed by atoms with Crippen molar-refractivity contribution in [2.75, 3.05) is 11.9 Å². The first kappa shape index (κ1) is 23.5. The van der Waals surface area contributed by atoms with E-state index >= 15 is 0 Å². The number of rotatable bonds is 7. The first-order valence-corrected chi connectivity index (χ1v) is 9.90. The predicted octanol–water partition coefficient (Wildman–Crippen LogP) is 2.77. The van der Waals surface area contributed by atoms with Crippen molar-refractivity contribution in [3.63, 3.8) is 0 Å². The molecule has 0 fully saturated rings. The van der Waals surface area contributed by atoms with Crippen LogP contribution in [-0.2, 0) is 11.2 Å². The zero-order valence-electron chi connectivity index (χ0n) is 18.2. The fraction of sp³-hybridized carbons (Fsp3) is 0.286. The molecule has 3 rings (SSSR count). The van der Waals surface area contributed by atoms with Gasteiger partial charge in [0.05, 0.1) is 0 Å². The Bertz CT molecular complexity index is 1150. The van der Waals surface area contributed by atoms with Gasteiger partial charge in [0, 0.05) is 36.3 Å². The average Bonchev–Trinajstić information content (AvgIpc) is 3.42. The largest absolute Gasteiger partial charge is 0.444 e. The third kappa shape index (κ3) is 6.64. The fourth-order valence-electron chi connectivity index (χ4n) is 2.67. The minimum absolute atomic E-state index is 0.0634. The Morgan fingerprint density at radius 3 is 2.48 bits per heavy atom. The molecule has 12 nitrogen and oxygen atoms in total. The van der Waals surface area contributed by atoms with E-state index in [9.17, 15) is 14.4 Å². The minimum Gasteiger partial charge on any atom is -0.444 e. The average molecular weight is 457 g/mol. The molecular formula is C21H23N5O7. The Morgan fingerprint density at radius 1 is 1.03 bits per heavy atom. The highest BCUT2D eigenvalue weighted by Gasteiger charge is 2.18. The Hall–Kier alpha value is -4.19. The van der Waals surface area contributed by atoms with E-state index in [1.807, 2.05) is 0 Å². The lowest BCUT2D eigenvalue weighted by Gasteiger charge is -2.19. The molecule has 0 saturated carbocycles. The van der Waals surface area contributed by atoms with E-state index in [0.29, 0.717) is 22.8 Å². The third-order valence-electron chi connectivity index (χ3n) is 4.09. The Labute approximate surface area is 188 Å². The van der Waals surface area contributed by atoms with Crippen LogP contribution in [-0.4, -0.2) is 45.6 Å². The van der Waals surface area contributed by atoms with Gasteiger partial charge < -0.3 is 19.1 Å². The number of carbonyl (C=O) groups is 3. The van der Waals surface area contributed by atoms with E-state index in [1.165, 1.54) is 17.6 Å². The van der Waals surface area contributed by atoms with Crippen LogP contribution in [0.15, 0.2) is 45.4 Å². The number of hydroxylamine groups is 1. The van der Waals surface area contributed by atoms with Crippen LogP contribution >= 0.6 is 0 Å². The number of hydrogen-bond donors (Lipinski definition) is 4. The Morgan fingerprint density at radius 2 is 1.76 bits per heavy atom.